The van der Waals surface area contributed by atoms with Gasteiger partial charge in [0.25, 0.3) is 0 Å². The molecule has 1 heterocycles. The van der Waals surface area contributed by atoms with Crippen molar-refractivity contribution in [1.29, 1.82) is 0 Å². The van der Waals surface area contributed by atoms with E-state index in [0.29, 0.717) is 18.1 Å². The Kier molecular flexibility index (Phi) is 3.29. The number of rotatable bonds is 1. The predicted octanol–water partition coefficient (Wildman–Crippen LogP) is 1.86. The lowest BCUT2D eigenvalue weighted by atomic mass is 10.1. The van der Waals surface area contributed by atoms with Crippen molar-refractivity contribution in [3.63, 3.8) is 0 Å². The number of benzene rings is 1. The normalized spacial score (nSPS) is 21.2. The van der Waals surface area contributed by atoms with Gasteiger partial charge in [0.05, 0.1) is 12.6 Å². The molecule has 0 aliphatic carbocycles. The van der Waals surface area contributed by atoms with E-state index in [1.807, 2.05) is 18.2 Å². The maximum Gasteiger partial charge on any atom is 0.234 e. The molecule has 1 aromatic rings. The number of nitrogens with one attached hydrogen (secondary N) is 2. The lowest BCUT2D eigenvalue weighted by Crippen LogP contribution is -2.46. The summed E-state index contributed by atoms with van der Waals surface area (Å²) in [6.07, 6.45) is 0. The van der Waals surface area contributed by atoms with Gasteiger partial charge in [0.15, 0.2) is 0 Å². The van der Waals surface area contributed by atoms with Crippen molar-refractivity contribution >= 4 is 33.4 Å². The number of carbonyl (C=O) groups is 1. The predicted molar refractivity (Wildman–Crippen MR) is 62.9 cm³/mol. The molecule has 1 amide bonds. The Morgan fingerprint density at radius 2 is 2.20 bits per heavy atom. The number of piperazine rings is 1. The molecule has 1 aromatic carbocycles. The standard InChI is InChI=1S/C10H10BrClN2O/c11-7-1-6(2-8(12)3-7)9-4-14-10(15)5-13-9/h1-3,9,13H,4-5H2,(H,14,15)/t9-/m0/s1. The third-order valence-electron chi connectivity index (χ3n) is 2.30. The molecule has 0 saturated carbocycles. The van der Waals surface area contributed by atoms with Gasteiger partial charge >= 0.3 is 0 Å². The van der Waals surface area contributed by atoms with Crippen LogP contribution in [0, 0.1) is 0 Å². The van der Waals surface area contributed by atoms with Gasteiger partial charge in [-0.15, -0.1) is 0 Å². The average Bonchev–Trinajstić information content (AvgIpc) is 2.17. The third kappa shape index (κ3) is 2.71. The molecule has 0 radical (unpaired) electrons. The van der Waals surface area contributed by atoms with Crippen LogP contribution in [0.3, 0.4) is 0 Å². The molecule has 0 bridgehead atoms. The first-order valence-electron chi connectivity index (χ1n) is 4.61. The van der Waals surface area contributed by atoms with Crippen molar-refractivity contribution in [1.82, 2.24) is 10.6 Å². The fourth-order valence-corrected chi connectivity index (χ4v) is 2.46. The average molecular weight is 290 g/mol. The first-order chi connectivity index (χ1) is 7.15. The summed E-state index contributed by atoms with van der Waals surface area (Å²) >= 11 is 9.34. The summed E-state index contributed by atoms with van der Waals surface area (Å²) in [7, 11) is 0. The minimum absolute atomic E-state index is 0.0346. The number of halogens is 2. The Morgan fingerprint density at radius 3 is 2.80 bits per heavy atom. The Hall–Kier alpha value is -0.580. The monoisotopic (exact) mass is 288 g/mol. The molecule has 0 spiro atoms. The van der Waals surface area contributed by atoms with E-state index in [0.717, 1.165) is 10.0 Å². The second-order valence-electron chi connectivity index (χ2n) is 3.44. The van der Waals surface area contributed by atoms with Crippen LogP contribution in [0.15, 0.2) is 22.7 Å². The lowest BCUT2D eigenvalue weighted by molar-refractivity contribution is -0.121. The molecule has 2 N–H and O–H groups in total. The van der Waals surface area contributed by atoms with Crippen LogP contribution < -0.4 is 10.6 Å². The van der Waals surface area contributed by atoms with Crippen molar-refractivity contribution in [3.05, 3.63) is 33.3 Å². The van der Waals surface area contributed by atoms with Crippen LogP contribution in [0.25, 0.3) is 0 Å². The van der Waals surface area contributed by atoms with Crippen molar-refractivity contribution in [2.45, 2.75) is 6.04 Å². The summed E-state index contributed by atoms with van der Waals surface area (Å²) in [5.74, 6) is 0.0346. The Morgan fingerprint density at radius 1 is 1.40 bits per heavy atom. The molecule has 80 valence electrons. The zero-order valence-corrected chi connectivity index (χ0v) is 10.2. The highest BCUT2D eigenvalue weighted by Crippen LogP contribution is 2.24. The summed E-state index contributed by atoms with van der Waals surface area (Å²) in [6.45, 7) is 0.959. The molecule has 1 aliphatic heterocycles. The smallest absolute Gasteiger partial charge is 0.234 e. The summed E-state index contributed by atoms with van der Waals surface area (Å²) in [4.78, 5) is 11.0. The molecule has 1 saturated heterocycles. The summed E-state index contributed by atoms with van der Waals surface area (Å²) < 4.78 is 0.948. The molecule has 1 aliphatic rings. The highest BCUT2D eigenvalue weighted by Gasteiger charge is 2.18. The van der Waals surface area contributed by atoms with Crippen LogP contribution in [0.5, 0.6) is 0 Å². The number of carbonyl (C=O) groups excluding carboxylic acids is 1. The third-order valence-corrected chi connectivity index (χ3v) is 2.98. The van der Waals surface area contributed by atoms with Crippen LogP contribution in [0.4, 0.5) is 0 Å². The number of hydrogen-bond donors (Lipinski definition) is 2. The van der Waals surface area contributed by atoms with E-state index in [4.69, 9.17) is 11.6 Å². The first-order valence-corrected chi connectivity index (χ1v) is 5.78. The summed E-state index contributed by atoms with van der Waals surface area (Å²) in [5, 5.41) is 6.65. The molecular formula is C10H10BrClN2O. The topological polar surface area (TPSA) is 41.1 Å². The van der Waals surface area contributed by atoms with Gasteiger partial charge in [0, 0.05) is 16.0 Å². The van der Waals surface area contributed by atoms with Crippen molar-refractivity contribution in [3.8, 4) is 0 Å². The van der Waals surface area contributed by atoms with Gasteiger partial charge in [0.1, 0.15) is 0 Å². The van der Waals surface area contributed by atoms with E-state index >= 15 is 0 Å². The van der Waals surface area contributed by atoms with Crippen LogP contribution >= 0.6 is 27.5 Å². The van der Waals surface area contributed by atoms with E-state index in [2.05, 4.69) is 26.6 Å². The lowest BCUT2D eigenvalue weighted by Gasteiger charge is -2.24. The number of hydrogen-bond acceptors (Lipinski definition) is 2. The molecule has 1 fully saturated rings. The minimum Gasteiger partial charge on any atom is -0.353 e. The van der Waals surface area contributed by atoms with Crippen LogP contribution in [0.1, 0.15) is 11.6 Å². The molecule has 2 rings (SSSR count). The molecule has 1 atom stereocenters. The van der Waals surface area contributed by atoms with Crippen molar-refractivity contribution in [2.75, 3.05) is 13.1 Å². The zero-order chi connectivity index (χ0) is 10.8. The summed E-state index contributed by atoms with van der Waals surface area (Å²) in [5.41, 5.74) is 1.08. The van der Waals surface area contributed by atoms with E-state index in [-0.39, 0.29) is 11.9 Å². The Labute approximate surface area is 101 Å². The van der Waals surface area contributed by atoms with E-state index < -0.39 is 0 Å². The van der Waals surface area contributed by atoms with Gasteiger partial charge in [-0.2, -0.15) is 0 Å². The molecular weight excluding hydrogens is 279 g/mol. The van der Waals surface area contributed by atoms with Gasteiger partial charge in [0.2, 0.25) is 5.91 Å². The summed E-state index contributed by atoms with van der Waals surface area (Å²) in [6, 6.07) is 5.88. The highest BCUT2D eigenvalue weighted by molar-refractivity contribution is 9.10. The Bertz CT molecular complexity index is 367. The molecule has 3 nitrogen and oxygen atoms in total. The van der Waals surface area contributed by atoms with E-state index in [9.17, 15) is 4.79 Å². The van der Waals surface area contributed by atoms with Crippen LogP contribution in [0.2, 0.25) is 5.02 Å². The van der Waals surface area contributed by atoms with E-state index in [1.54, 1.807) is 0 Å². The molecule has 5 heteroatoms. The highest BCUT2D eigenvalue weighted by atomic mass is 79.9. The van der Waals surface area contributed by atoms with Gasteiger partial charge in [-0.3, -0.25) is 10.1 Å². The SMILES string of the molecule is O=C1CN[C@H](c2cc(Cl)cc(Br)c2)CN1. The van der Waals surface area contributed by atoms with Crippen LogP contribution in [-0.2, 0) is 4.79 Å². The van der Waals surface area contributed by atoms with Gasteiger partial charge in [-0.1, -0.05) is 27.5 Å². The maximum atomic E-state index is 11.0. The minimum atomic E-state index is 0.0346. The van der Waals surface area contributed by atoms with Gasteiger partial charge in [-0.05, 0) is 23.8 Å². The zero-order valence-electron chi connectivity index (χ0n) is 7.89. The molecule has 15 heavy (non-hydrogen) atoms. The molecule has 0 aromatic heterocycles. The Balaban J connectivity index is 2.18. The second kappa shape index (κ2) is 4.51. The van der Waals surface area contributed by atoms with E-state index in [1.165, 1.54) is 0 Å². The van der Waals surface area contributed by atoms with Crippen LogP contribution in [-0.4, -0.2) is 19.0 Å². The molecule has 0 unspecified atom stereocenters. The van der Waals surface area contributed by atoms with Crippen molar-refractivity contribution < 1.29 is 4.79 Å². The quantitative estimate of drug-likeness (QED) is 0.828. The van der Waals surface area contributed by atoms with Crippen molar-refractivity contribution in [2.24, 2.45) is 0 Å². The fourth-order valence-electron chi connectivity index (χ4n) is 1.58. The van der Waals surface area contributed by atoms with Gasteiger partial charge in [-0.25, -0.2) is 0 Å². The fraction of sp³-hybridized carbons (Fsp3) is 0.300. The second-order valence-corrected chi connectivity index (χ2v) is 4.79. The maximum absolute atomic E-state index is 11.0. The van der Waals surface area contributed by atoms with Gasteiger partial charge < -0.3 is 5.32 Å². The number of amides is 1. The first kappa shape index (κ1) is 10.9. The largest absolute Gasteiger partial charge is 0.353 e.